The van der Waals surface area contributed by atoms with Gasteiger partial charge in [-0.3, -0.25) is 9.29 Å². The van der Waals surface area contributed by atoms with Crippen molar-refractivity contribution in [2.45, 2.75) is 77.2 Å². The molecular weight excluding hydrogens is 475 g/mol. The van der Waals surface area contributed by atoms with Crippen molar-refractivity contribution < 1.29 is 23.0 Å². The molecule has 1 N–H and O–H groups in total. The average molecular weight is 516 g/mol. The number of fused-ring (bicyclic) bond motifs is 1. The summed E-state index contributed by atoms with van der Waals surface area (Å²) in [5.74, 6) is -1.32. The molecule has 1 heterocycles. The highest BCUT2D eigenvalue weighted by molar-refractivity contribution is 5.85. The van der Waals surface area contributed by atoms with Crippen molar-refractivity contribution in [3.63, 3.8) is 0 Å². The minimum atomic E-state index is -2.55. The quantitative estimate of drug-likeness (QED) is 0.408. The highest BCUT2D eigenvalue weighted by Crippen LogP contribution is 2.46. The van der Waals surface area contributed by atoms with Crippen molar-refractivity contribution in [2.75, 3.05) is 26.3 Å². The predicted molar refractivity (Wildman–Crippen MR) is 143 cm³/mol. The summed E-state index contributed by atoms with van der Waals surface area (Å²) in [6.45, 7) is 2.24. The van der Waals surface area contributed by atoms with Gasteiger partial charge in [0.05, 0.1) is 6.67 Å². The van der Waals surface area contributed by atoms with Crippen LogP contribution < -0.4 is 4.74 Å². The van der Waals surface area contributed by atoms with Crippen LogP contribution in [-0.4, -0.2) is 48.3 Å². The van der Waals surface area contributed by atoms with E-state index in [1.54, 1.807) is 6.07 Å². The summed E-state index contributed by atoms with van der Waals surface area (Å²) in [6, 6.07) is 13.7. The SMILES string of the molecule is C.Oc1ccc2c(c1)CCCC(C1CCC(F)(F)CC1)=C2c1ccc(O[C@H]2CCN(CCCF)C2)cc1. The van der Waals surface area contributed by atoms with E-state index in [2.05, 4.69) is 17.0 Å². The second-order valence-corrected chi connectivity index (χ2v) is 10.6. The molecule has 37 heavy (non-hydrogen) atoms. The fourth-order valence-corrected chi connectivity index (χ4v) is 6.21. The first-order chi connectivity index (χ1) is 17.4. The standard InChI is InChI=1S/C30H36F3NO2.CH4/c31-16-2-17-34-18-13-26(20-34)36-25-8-5-22(6-9-25)29-27(21-11-14-30(32,33)15-12-21)4-1-3-23-19-24(35)7-10-28(23)29;/h5-10,19,21,26,35H,1-4,11-18,20H2;1H4/t26-;/m0./s1. The van der Waals surface area contributed by atoms with Crippen LogP contribution in [0.1, 0.15) is 75.5 Å². The first-order valence-corrected chi connectivity index (χ1v) is 13.4. The van der Waals surface area contributed by atoms with E-state index in [4.69, 9.17) is 4.74 Å². The molecule has 3 nitrogen and oxygen atoms in total. The normalized spacial score (nSPS) is 22.3. The smallest absolute Gasteiger partial charge is 0.248 e. The lowest BCUT2D eigenvalue weighted by Crippen LogP contribution is -2.26. The second-order valence-electron chi connectivity index (χ2n) is 10.6. The van der Waals surface area contributed by atoms with Gasteiger partial charge in [0, 0.05) is 32.5 Å². The summed E-state index contributed by atoms with van der Waals surface area (Å²) in [6.07, 6.45) is 5.24. The van der Waals surface area contributed by atoms with E-state index in [9.17, 15) is 18.3 Å². The number of aromatic hydroxyl groups is 1. The summed E-state index contributed by atoms with van der Waals surface area (Å²) in [5, 5.41) is 10.1. The van der Waals surface area contributed by atoms with Gasteiger partial charge in [0.1, 0.15) is 17.6 Å². The lowest BCUT2D eigenvalue weighted by Gasteiger charge is -2.31. The highest BCUT2D eigenvalue weighted by Gasteiger charge is 2.37. The molecule has 2 aromatic carbocycles. The molecule has 5 rings (SSSR count). The number of halogens is 3. The van der Waals surface area contributed by atoms with Gasteiger partial charge < -0.3 is 9.84 Å². The number of phenolic OH excluding ortho intramolecular Hbond substituents is 1. The van der Waals surface area contributed by atoms with E-state index >= 15 is 0 Å². The van der Waals surface area contributed by atoms with Crippen molar-refractivity contribution in [2.24, 2.45) is 5.92 Å². The highest BCUT2D eigenvalue weighted by atomic mass is 19.3. The Kier molecular flexibility index (Phi) is 8.89. The topological polar surface area (TPSA) is 32.7 Å². The third-order valence-electron chi connectivity index (χ3n) is 8.06. The minimum absolute atomic E-state index is 0. The lowest BCUT2D eigenvalue weighted by molar-refractivity contribution is -0.0423. The number of likely N-dealkylation sites (tertiary alicyclic amines) is 1. The van der Waals surface area contributed by atoms with E-state index in [1.807, 2.05) is 24.3 Å². The molecule has 6 heteroatoms. The third-order valence-corrected chi connectivity index (χ3v) is 8.06. The predicted octanol–water partition coefficient (Wildman–Crippen LogP) is 7.80. The molecule has 2 aliphatic carbocycles. The van der Waals surface area contributed by atoms with Crippen molar-refractivity contribution in [3.8, 4) is 11.5 Å². The van der Waals surface area contributed by atoms with Crippen LogP contribution in [0.2, 0.25) is 0 Å². The Hall–Kier alpha value is -2.47. The van der Waals surface area contributed by atoms with Crippen molar-refractivity contribution in [3.05, 3.63) is 64.7 Å². The number of rotatable bonds is 7. The maximum atomic E-state index is 13.9. The molecular formula is C31H40F3NO2. The first kappa shape index (κ1) is 27.6. The van der Waals surface area contributed by atoms with Crippen molar-refractivity contribution in [1.29, 1.82) is 0 Å². The molecule has 0 aromatic heterocycles. The molecule has 2 fully saturated rings. The van der Waals surface area contributed by atoms with E-state index in [-0.39, 0.29) is 44.7 Å². The lowest BCUT2D eigenvalue weighted by atomic mass is 9.77. The van der Waals surface area contributed by atoms with Gasteiger partial charge in [-0.1, -0.05) is 31.2 Å². The van der Waals surface area contributed by atoms with Gasteiger partial charge in [0.2, 0.25) is 5.92 Å². The summed E-state index contributed by atoms with van der Waals surface area (Å²) in [7, 11) is 0. The van der Waals surface area contributed by atoms with Crippen LogP contribution in [0.15, 0.2) is 48.0 Å². The van der Waals surface area contributed by atoms with Crippen LogP contribution in [0.5, 0.6) is 11.5 Å². The Morgan fingerprint density at radius 2 is 1.76 bits per heavy atom. The number of nitrogens with zero attached hydrogens (tertiary/aromatic N) is 1. The van der Waals surface area contributed by atoms with Gasteiger partial charge in [0.25, 0.3) is 0 Å². The number of hydrogen-bond donors (Lipinski definition) is 1. The number of allylic oxidation sites excluding steroid dienone is 1. The van der Waals surface area contributed by atoms with Gasteiger partial charge in [-0.15, -0.1) is 0 Å². The van der Waals surface area contributed by atoms with Crippen LogP contribution >= 0.6 is 0 Å². The molecule has 0 spiro atoms. The number of benzene rings is 2. The van der Waals surface area contributed by atoms with Gasteiger partial charge in [0.15, 0.2) is 0 Å². The Labute approximate surface area is 219 Å². The maximum Gasteiger partial charge on any atom is 0.248 e. The zero-order valence-corrected chi connectivity index (χ0v) is 20.8. The number of aryl methyl sites for hydroxylation is 1. The zero-order chi connectivity index (χ0) is 25.1. The fraction of sp³-hybridized carbons (Fsp3) is 0.548. The summed E-state index contributed by atoms with van der Waals surface area (Å²) in [5.41, 5.74) is 5.70. The van der Waals surface area contributed by atoms with Crippen LogP contribution in [0.25, 0.3) is 5.57 Å². The molecule has 0 amide bonds. The average Bonchev–Trinajstić information content (AvgIpc) is 3.22. The first-order valence-electron chi connectivity index (χ1n) is 13.4. The van der Waals surface area contributed by atoms with Gasteiger partial charge in [-0.25, -0.2) is 8.78 Å². The van der Waals surface area contributed by atoms with Gasteiger partial charge in [-0.2, -0.15) is 0 Å². The maximum absolute atomic E-state index is 13.9. The molecule has 3 aliphatic rings. The van der Waals surface area contributed by atoms with E-state index in [1.165, 1.54) is 5.57 Å². The van der Waals surface area contributed by atoms with Crippen molar-refractivity contribution in [1.82, 2.24) is 4.90 Å². The molecule has 0 bridgehead atoms. The second kappa shape index (κ2) is 11.9. The fourth-order valence-electron chi connectivity index (χ4n) is 6.21. The molecule has 0 radical (unpaired) electrons. The number of hydrogen-bond acceptors (Lipinski definition) is 3. The summed E-state index contributed by atoms with van der Waals surface area (Å²) < 4.78 is 46.6. The van der Waals surface area contributed by atoms with Gasteiger partial charge >= 0.3 is 0 Å². The van der Waals surface area contributed by atoms with E-state index in [0.717, 1.165) is 73.3 Å². The van der Waals surface area contributed by atoms with E-state index in [0.29, 0.717) is 19.3 Å². The Morgan fingerprint density at radius 3 is 2.49 bits per heavy atom. The van der Waals surface area contributed by atoms with Crippen LogP contribution in [0.4, 0.5) is 13.2 Å². The zero-order valence-electron chi connectivity index (χ0n) is 20.8. The molecule has 202 valence electrons. The Morgan fingerprint density at radius 1 is 1.00 bits per heavy atom. The number of alkyl halides is 3. The third kappa shape index (κ3) is 6.51. The molecule has 0 unspecified atom stereocenters. The van der Waals surface area contributed by atoms with Gasteiger partial charge in [-0.05, 0) is 97.4 Å². The molecule has 1 saturated carbocycles. The number of phenols is 1. The summed E-state index contributed by atoms with van der Waals surface area (Å²) >= 11 is 0. The minimum Gasteiger partial charge on any atom is -0.508 e. The Bertz CT molecular complexity index is 1070. The summed E-state index contributed by atoms with van der Waals surface area (Å²) in [4.78, 5) is 2.25. The van der Waals surface area contributed by atoms with Crippen molar-refractivity contribution >= 4 is 5.57 Å². The largest absolute Gasteiger partial charge is 0.508 e. The van der Waals surface area contributed by atoms with Crippen LogP contribution in [0, 0.1) is 5.92 Å². The Balaban J connectivity index is 0.00000320. The van der Waals surface area contributed by atoms with Crippen LogP contribution in [0.3, 0.4) is 0 Å². The molecule has 2 aromatic rings. The molecule has 1 atom stereocenters. The molecule has 1 saturated heterocycles. The van der Waals surface area contributed by atoms with Crippen LogP contribution in [-0.2, 0) is 6.42 Å². The van der Waals surface area contributed by atoms with E-state index < -0.39 is 5.92 Å². The molecule has 1 aliphatic heterocycles. The number of ether oxygens (including phenoxy) is 1. The monoisotopic (exact) mass is 515 g/mol.